The van der Waals surface area contributed by atoms with Crippen LogP contribution in [0.5, 0.6) is 0 Å². The van der Waals surface area contributed by atoms with Gasteiger partial charge in [-0.15, -0.1) is 0 Å². The van der Waals surface area contributed by atoms with E-state index < -0.39 is 30.6 Å². The van der Waals surface area contributed by atoms with Crippen LogP contribution in [0.3, 0.4) is 0 Å². The molecule has 3 heterocycles. The maximum absolute atomic E-state index is 11.1. The Bertz CT molecular complexity index is 968. The van der Waals surface area contributed by atoms with E-state index in [2.05, 4.69) is 15.0 Å². The fourth-order valence-corrected chi connectivity index (χ4v) is 3.66. The number of aliphatic hydroxyl groups is 2. The van der Waals surface area contributed by atoms with Crippen molar-refractivity contribution in [2.75, 3.05) is 26.1 Å². The number of fused-ring (bicyclic) bond motifs is 1. The Kier molecular flexibility index (Phi) is 5.43. The van der Waals surface area contributed by atoms with Gasteiger partial charge in [-0.25, -0.2) is 15.0 Å². The lowest BCUT2D eigenvalue weighted by molar-refractivity contribution is -0.168. The normalized spacial score (nSPS) is 26.9. The number of methoxy groups -OCH3 is 1. The summed E-state index contributed by atoms with van der Waals surface area (Å²) in [4.78, 5) is 12.3. The van der Waals surface area contributed by atoms with Crippen LogP contribution < -0.4 is 5.73 Å². The second kappa shape index (κ2) is 8.01. The number of ether oxygens (including phenoxy) is 3. The number of benzene rings is 1. The average Bonchev–Trinajstić information content (AvgIpc) is 3.28. The van der Waals surface area contributed by atoms with Gasteiger partial charge >= 0.3 is 0 Å². The predicted octanol–water partition coefficient (Wildman–Crippen LogP) is 0.261. The summed E-state index contributed by atoms with van der Waals surface area (Å²) < 4.78 is 19.0. The maximum Gasteiger partial charge on any atom is 0.167 e. The molecule has 2 aromatic heterocycles. The number of rotatable bonds is 7. The molecule has 0 amide bonds. The largest absolute Gasteiger partial charge is 0.393 e. The van der Waals surface area contributed by atoms with Crippen molar-refractivity contribution in [3.8, 4) is 0 Å². The van der Waals surface area contributed by atoms with Crippen LogP contribution in [0, 0.1) is 0 Å². The number of nitrogens with zero attached hydrogens (tertiary/aromatic N) is 4. The molecule has 4 N–H and O–H groups in total. The van der Waals surface area contributed by atoms with Gasteiger partial charge in [0.1, 0.15) is 29.7 Å². The Hall–Kier alpha value is -2.63. The van der Waals surface area contributed by atoms with Gasteiger partial charge in [0.25, 0.3) is 0 Å². The molecule has 10 nitrogen and oxygen atoms in total. The maximum atomic E-state index is 11.1. The lowest BCUT2D eigenvalue weighted by atomic mass is 9.96. The van der Waals surface area contributed by atoms with Gasteiger partial charge in [-0.1, -0.05) is 30.3 Å². The van der Waals surface area contributed by atoms with Gasteiger partial charge in [-0.3, -0.25) is 4.57 Å². The first-order valence-electron chi connectivity index (χ1n) is 9.14. The molecule has 1 aromatic carbocycles. The number of anilines is 1. The second-order valence-corrected chi connectivity index (χ2v) is 6.96. The van der Waals surface area contributed by atoms with Crippen molar-refractivity contribution in [2.24, 2.45) is 0 Å². The van der Waals surface area contributed by atoms with Crippen molar-refractivity contribution in [3.63, 3.8) is 0 Å². The van der Waals surface area contributed by atoms with Gasteiger partial charge in [0.15, 0.2) is 17.7 Å². The molecular weight excluding hydrogens is 378 g/mol. The predicted molar refractivity (Wildman–Crippen MR) is 103 cm³/mol. The van der Waals surface area contributed by atoms with Gasteiger partial charge < -0.3 is 30.2 Å². The van der Waals surface area contributed by atoms with Gasteiger partial charge in [0, 0.05) is 7.11 Å². The molecule has 0 bridgehead atoms. The molecule has 154 valence electrons. The van der Waals surface area contributed by atoms with Gasteiger partial charge in [0.05, 0.1) is 26.1 Å². The Labute approximate surface area is 166 Å². The van der Waals surface area contributed by atoms with Crippen LogP contribution in [-0.2, 0) is 20.8 Å². The summed E-state index contributed by atoms with van der Waals surface area (Å²) >= 11 is 0. The lowest BCUT2D eigenvalue weighted by Gasteiger charge is -2.32. The van der Waals surface area contributed by atoms with E-state index in [1.54, 1.807) is 4.57 Å². The number of nitrogen functional groups attached to an aromatic ring is 1. The fraction of sp³-hybridized carbons (Fsp3) is 0.421. The van der Waals surface area contributed by atoms with E-state index in [9.17, 15) is 10.2 Å². The molecule has 0 aliphatic carbocycles. The Morgan fingerprint density at radius 1 is 1.24 bits per heavy atom. The number of aromatic nitrogens is 4. The molecule has 0 saturated carbocycles. The molecule has 0 radical (unpaired) electrons. The smallest absolute Gasteiger partial charge is 0.167 e. The third kappa shape index (κ3) is 3.45. The molecule has 2 unspecified atom stereocenters. The van der Waals surface area contributed by atoms with Crippen LogP contribution in [0.4, 0.5) is 5.82 Å². The zero-order chi connectivity index (χ0) is 20.4. The van der Waals surface area contributed by atoms with E-state index in [1.165, 1.54) is 19.8 Å². The summed E-state index contributed by atoms with van der Waals surface area (Å²) in [5.74, 6) is 0.225. The first-order valence-corrected chi connectivity index (χ1v) is 9.14. The zero-order valence-electron chi connectivity index (χ0n) is 15.9. The van der Waals surface area contributed by atoms with E-state index in [0.717, 1.165) is 5.56 Å². The first-order chi connectivity index (χ1) is 14.1. The van der Waals surface area contributed by atoms with Crippen molar-refractivity contribution in [2.45, 2.75) is 30.6 Å². The third-order valence-corrected chi connectivity index (χ3v) is 5.07. The molecule has 4 atom stereocenters. The molecule has 1 saturated heterocycles. The number of aliphatic hydroxyl groups excluding tert-OH is 2. The molecule has 3 aromatic rings. The quantitative estimate of drug-likeness (QED) is 0.509. The summed E-state index contributed by atoms with van der Waals surface area (Å²) in [5, 5.41) is 21.2. The minimum Gasteiger partial charge on any atom is -0.393 e. The highest BCUT2D eigenvalue weighted by Gasteiger charge is 2.56. The zero-order valence-corrected chi connectivity index (χ0v) is 15.9. The standard InChI is InChI=1S/C19H23N5O5/c1-27-9-19(8-25)15(28-7-12-5-3-2-4-6-12)14(26)18(29-19)24-11-23-13-16(20)21-10-22-17(13)24/h2-6,10-11,14-15,18,25-26H,7-9H2,1H3,(H2,20,21,22)/t14?,15?,18-,19+/m1/s1. The van der Waals surface area contributed by atoms with Crippen LogP contribution in [0.1, 0.15) is 11.8 Å². The number of hydrogen-bond acceptors (Lipinski definition) is 9. The van der Waals surface area contributed by atoms with E-state index in [0.29, 0.717) is 11.2 Å². The van der Waals surface area contributed by atoms with E-state index in [4.69, 9.17) is 19.9 Å². The van der Waals surface area contributed by atoms with Crippen LogP contribution >= 0.6 is 0 Å². The van der Waals surface area contributed by atoms with Gasteiger partial charge in [-0.2, -0.15) is 0 Å². The van der Waals surface area contributed by atoms with Crippen molar-refractivity contribution >= 4 is 17.0 Å². The molecule has 29 heavy (non-hydrogen) atoms. The van der Waals surface area contributed by atoms with E-state index >= 15 is 0 Å². The molecule has 1 aliphatic heterocycles. The lowest BCUT2D eigenvalue weighted by Crippen LogP contribution is -2.51. The Morgan fingerprint density at radius 3 is 2.76 bits per heavy atom. The molecule has 1 fully saturated rings. The highest BCUT2D eigenvalue weighted by molar-refractivity contribution is 5.81. The van der Waals surface area contributed by atoms with Crippen molar-refractivity contribution < 1.29 is 24.4 Å². The monoisotopic (exact) mass is 401 g/mol. The average molecular weight is 401 g/mol. The fourth-order valence-electron chi connectivity index (χ4n) is 3.66. The van der Waals surface area contributed by atoms with Crippen molar-refractivity contribution in [3.05, 3.63) is 48.5 Å². The topological polar surface area (TPSA) is 138 Å². The summed E-state index contributed by atoms with van der Waals surface area (Å²) in [6.07, 6.45) is -0.0890. The first kappa shape index (κ1) is 19.7. The van der Waals surface area contributed by atoms with Crippen LogP contribution in [0.2, 0.25) is 0 Å². The highest BCUT2D eigenvalue weighted by atomic mass is 16.6. The van der Waals surface area contributed by atoms with Crippen molar-refractivity contribution in [1.29, 1.82) is 0 Å². The summed E-state index contributed by atoms with van der Waals surface area (Å²) in [6, 6.07) is 9.55. The number of nitrogens with two attached hydrogens (primary N) is 1. The summed E-state index contributed by atoms with van der Waals surface area (Å²) in [7, 11) is 1.50. The van der Waals surface area contributed by atoms with Gasteiger partial charge in [0.2, 0.25) is 0 Å². The minimum absolute atomic E-state index is 0.0280. The molecule has 4 rings (SSSR count). The van der Waals surface area contributed by atoms with Crippen LogP contribution in [0.25, 0.3) is 11.2 Å². The summed E-state index contributed by atoms with van der Waals surface area (Å²) in [5.41, 5.74) is 6.34. The SMILES string of the molecule is COC[C@]1(CO)O[C@@H](n2cnc3c(N)ncnc32)C(O)C1OCc1ccccc1. The third-order valence-electron chi connectivity index (χ3n) is 5.07. The van der Waals surface area contributed by atoms with E-state index in [1.807, 2.05) is 30.3 Å². The highest BCUT2D eigenvalue weighted by Crippen LogP contribution is 2.40. The van der Waals surface area contributed by atoms with E-state index in [-0.39, 0.29) is 19.0 Å². The Morgan fingerprint density at radius 2 is 2.03 bits per heavy atom. The molecule has 1 aliphatic rings. The molecular formula is C19H23N5O5. The Balaban J connectivity index is 1.66. The van der Waals surface area contributed by atoms with Gasteiger partial charge in [-0.05, 0) is 5.56 Å². The molecule has 10 heteroatoms. The van der Waals surface area contributed by atoms with Crippen molar-refractivity contribution in [1.82, 2.24) is 19.5 Å². The van der Waals surface area contributed by atoms with Crippen LogP contribution in [-0.4, -0.2) is 67.9 Å². The number of hydrogen-bond donors (Lipinski definition) is 3. The second-order valence-electron chi connectivity index (χ2n) is 6.96. The number of imidazole rings is 1. The van der Waals surface area contributed by atoms with Crippen LogP contribution in [0.15, 0.2) is 43.0 Å². The minimum atomic E-state index is -1.26. The summed E-state index contributed by atoms with van der Waals surface area (Å²) in [6.45, 7) is -0.137. The molecule has 0 spiro atoms.